The van der Waals surface area contributed by atoms with Crippen LogP contribution in [0.5, 0.6) is 11.6 Å². The molecule has 1 atom stereocenters. The number of rotatable bonds is 19. The molecule has 0 unspecified atom stereocenters. The second-order valence-electron chi connectivity index (χ2n) is 20.4. The van der Waals surface area contributed by atoms with E-state index in [-0.39, 0.29) is 28.7 Å². The summed E-state index contributed by atoms with van der Waals surface area (Å²) in [4.78, 5) is 46.4. The summed E-state index contributed by atoms with van der Waals surface area (Å²) in [5, 5.41) is 0.352. The largest absolute Gasteiger partial charge is 0.515 e. The molecule has 0 fully saturated rings. The Morgan fingerprint density at radius 2 is 1.27 bits per heavy atom. The molecule has 1 aromatic heterocycles. The number of nitrogens with two attached hydrogens (primary N) is 1. The molecular weight excluding hydrogens is 807 g/mol. The summed E-state index contributed by atoms with van der Waals surface area (Å²) in [6.45, 7) is 28.6. The van der Waals surface area contributed by atoms with Crippen LogP contribution in [-0.4, -0.2) is 79.7 Å². The Balaban J connectivity index is 1.92. The van der Waals surface area contributed by atoms with Crippen LogP contribution in [0.25, 0.3) is 10.9 Å². The first-order valence-corrected chi connectivity index (χ1v) is 24.9. The van der Waals surface area contributed by atoms with Crippen molar-refractivity contribution in [1.82, 2.24) is 9.88 Å². The van der Waals surface area contributed by atoms with Gasteiger partial charge in [-0.3, -0.25) is 0 Å². The molecule has 0 aliphatic carbocycles. The summed E-state index contributed by atoms with van der Waals surface area (Å²) in [7, 11) is -2.57. The van der Waals surface area contributed by atoms with Gasteiger partial charge < -0.3 is 43.5 Å². The Bertz CT molecular complexity index is 1910. The summed E-state index contributed by atoms with van der Waals surface area (Å²) in [5.41, 5.74) is 6.26. The number of nitrogen functional groups attached to an aromatic ring is 1. The number of carbonyl (C=O) groups excluding carboxylic acids is 3. The van der Waals surface area contributed by atoms with Gasteiger partial charge in [-0.15, -0.1) is 0 Å². The second kappa shape index (κ2) is 22.3. The Hall–Kier alpha value is -4.40. The van der Waals surface area contributed by atoms with Crippen LogP contribution in [0.3, 0.4) is 0 Å². The van der Waals surface area contributed by atoms with Gasteiger partial charge in [0.05, 0.1) is 12.6 Å². The van der Waals surface area contributed by atoms with Gasteiger partial charge in [0.25, 0.3) is 0 Å². The fraction of sp³-hybridized carbons (Fsp3) is 0.625. The number of ether oxygens (including phenoxy) is 6. The van der Waals surface area contributed by atoms with Crippen molar-refractivity contribution in [3.05, 3.63) is 59.7 Å². The number of fused-ring (bicyclic) bond motifs is 1. The van der Waals surface area contributed by atoms with Crippen molar-refractivity contribution in [2.24, 2.45) is 0 Å². The molecule has 1 heterocycles. The molecule has 2 aromatic carbocycles. The predicted molar refractivity (Wildman–Crippen MR) is 247 cm³/mol. The number of unbranched alkanes of at least 4 members (excludes halogenated alkanes) is 4. The molecule has 0 spiro atoms. The lowest BCUT2D eigenvalue weighted by atomic mass is 10.0. The first kappa shape index (κ1) is 51.9. The molecule has 2 N–H and O–H groups in total. The zero-order valence-electron chi connectivity index (χ0n) is 40.0. The lowest BCUT2D eigenvalue weighted by molar-refractivity contribution is 0.0150. The van der Waals surface area contributed by atoms with Crippen molar-refractivity contribution < 1.29 is 47.2 Å². The number of aromatic nitrogens is 1. The summed E-state index contributed by atoms with van der Waals surface area (Å²) >= 11 is 0. The van der Waals surface area contributed by atoms with E-state index in [2.05, 4.69) is 51.0 Å². The monoisotopic (exact) mass is 882 g/mol. The maximum atomic E-state index is 14.0. The normalized spacial score (nSPS) is 13.1. The van der Waals surface area contributed by atoms with Crippen LogP contribution in [-0.2, 0) is 29.8 Å². The van der Waals surface area contributed by atoms with E-state index < -0.39 is 49.6 Å². The number of hydrogen-bond donors (Lipinski definition) is 1. The lowest BCUT2D eigenvalue weighted by Crippen LogP contribution is -2.46. The third-order valence-corrected chi connectivity index (χ3v) is 14.5. The standard InChI is InChI=1S/C48H75N3O10Si/c1-45(2,3)58-42(52)51(29-18-15-16-19-30-55-31-20-17-22-34-25-27-35(49)28-26-34)33-39(61-62(13,14)48(10,11)12)37-32-40(57-44(54)60-47(7,8)9)50-41-36(37)23-21-24-38(41)56-43(53)59-46(4,5)6/h21,23-28,32,39H,15-20,22,29-31,33,49H2,1-14H3/t39-/m0/s1. The maximum Gasteiger partial charge on any atom is 0.515 e. The van der Waals surface area contributed by atoms with Crippen molar-refractivity contribution in [3.63, 3.8) is 0 Å². The lowest BCUT2D eigenvalue weighted by Gasteiger charge is -2.41. The highest BCUT2D eigenvalue weighted by Gasteiger charge is 2.41. The predicted octanol–water partition coefficient (Wildman–Crippen LogP) is 12.3. The first-order chi connectivity index (χ1) is 28.6. The molecule has 346 valence electrons. The highest BCUT2D eigenvalue weighted by molar-refractivity contribution is 6.74. The smallest absolute Gasteiger partial charge is 0.444 e. The minimum atomic E-state index is -2.57. The van der Waals surface area contributed by atoms with Gasteiger partial charge >= 0.3 is 18.4 Å². The number of aryl methyl sites for hydroxylation is 1. The summed E-state index contributed by atoms with van der Waals surface area (Å²) < 4.78 is 41.5. The average Bonchev–Trinajstić information content (AvgIpc) is 3.10. The fourth-order valence-corrected chi connectivity index (χ4v) is 7.30. The Kier molecular flexibility index (Phi) is 18.7. The van der Waals surface area contributed by atoms with Gasteiger partial charge in [-0.25, -0.2) is 19.4 Å². The molecule has 3 aromatic rings. The second-order valence-corrected chi connectivity index (χ2v) is 25.1. The first-order valence-electron chi connectivity index (χ1n) is 22.0. The number of pyridine rings is 1. The van der Waals surface area contributed by atoms with E-state index in [0.717, 1.165) is 57.2 Å². The quantitative estimate of drug-likeness (QED) is 0.0304. The topological polar surface area (TPSA) is 158 Å². The van der Waals surface area contributed by atoms with Crippen LogP contribution in [0.15, 0.2) is 48.5 Å². The number of hydrogen-bond acceptors (Lipinski definition) is 12. The molecule has 13 nitrogen and oxygen atoms in total. The Morgan fingerprint density at radius 3 is 1.85 bits per heavy atom. The van der Waals surface area contributed by atoms with Gasteiger partial charge in [0.15, 0.2) is 14.1 Å². The molecule has 14 heteroatoms. The molecule has 1 amide bonds. The van der Waals surface area contributed by atoms with Gasteiger partial charge in [0, 0.05) is 36.9 Å². The summed E-state index contributed by atoms with van der Waals surface area (Å²) in [5.74, 6) is -0.0106. The van der Waals surface area contributed by atoms with E-state index in [1.54, 1.807) is 64.6 Å². The maximum absolute atomic E-state index is 14.0. The van der Waals surface area contributed by atoms with Gasteiger partial charge in [0.2, 0.25) is 5.88 Å². The summed E-state index contributed by atoms with van der Waals surface area (Å²) in [6.07, 6.45) is 3.41. The number of carbonyl (C=O) groups is 3. The van der Waals surface area contributed by atoms with Crippen molar-refractivity contribution in [1.29, 1.82) is 0 Å². The fourth-order valence-electron chi connectivity index (χ4n) is 6.04. The molecule has 0 aliphatic rings. The zero-order valence-corrected chi connectivity index (χ0v) is 41.0. The third-order valence-electron chi connectivity index (χ3n) is 10.0. The van der Waals surface area contributed by atoms with E-state index in [0.29, 0.717) is 24.1 Å². The summed E-state index contributed by atoms with van der Waals surface area (Å²) in [6, 6.07) is 14.8. The Morgan fingerprint density at radius 1 is 0.710 bits per heavy atom. The number of nitrogens with zero attached hydrogens (tertiary/aromatic N) is 2. The van der Waals surface area contributed by atoms with E-state index in [1.165, 1.54) is 5.56 Å². The van der Waals surface area contributed by atoms with Crippen LogP contribution >= 0.6 is 0 Å². The molecule has 0 bridgehead atoms. The average molecular weight is 882 g/mol. The SMILES string of the molecule is CC(C)(C)OC(=O)Oc1cc([C@H](CN(CCCCCCOCCCCc2ccc(N)cc2)C(=O)OC(C)(C)C)O[Si](C)(C)C(C)(C)C)c2cccc(OC(=O)OC(C)(C)C)c2n1. The molecule has 3 rings (SSSR count). The molecule has 62 heavy (non-hydrogen) atoms. The van der Waals surface area contributed by atoms with E-state index in [4.69, 9.17) is 38.6 Å². The number of para-hydroxylation sites is 1. The zero-order chi connectivity index (χ0) is 46.5. The highest BCUT2D eigenvalue weighted by Crippen LogP contribution is 2.42. The molecule has 0 aliphatic heterocycles. The van der Waals surface area contributed by atoms with Gasteiger partial charge in [-0.2, -0.15) is 0 Å². The van der Waals surface area contributed by atoms with Crippen molar-refractivity contribution >= 4 is 43.3 Å². The van der Waals surface area contributed by atoms with Gasteiger partial charge in [-0.05, 0) is 142 Å². The minimum absolute atomic E-state index is 0.0878. The van der Waals surface area contributed by atoms with Crippen LogP contribution < -0.4 is 15.2 Å². The van der Waals surface area contributed by atoms with Crippen LogP contribution in [0.1, 0.15) is 139 Å². The molecule has 0 saturated carbocycles. The van der Waals surface area contributed by atoms with Crippen molar-refractivity contribution in [2.45, 2.75) is 169 Å². The van der Waals surface area contributed by atoms with Gasteiger partial charge in [0.1, 0.15) is 22.3 Å². The number of anilines is 1. The molecular formula is C48H75N3O10Si. The van der Waals surface area contributed by atoms with Crippen LogP contribution in [0.4, 0.5) is 20.1 Å². The van der Waals surface area contributed by atoms with Gasteiger partial charge in [-0.1, -0.05) is 57.9 Å². The van der Waals surface area contributed by atoms with E-state index in [9.17, 15) is 14.4 Å². The van der Waals surface area contributed by atoms with E-state index in [1.807, 2.05) is 39.0 Å². The van der Waals surface area contributed by atoms with Crippen molar-refractivity contribution in [3.8, 4) is 11.6 Å². The van der Waals surface area contributed by atoms with E-state index >= 15 is 0 Å². The Labute approximate surface area is 371 Å². The van der Waals surface area contributed by atoms with Crippen LogP contribution in [0, 0.1) is 0 Å². The number of benzene rings is 2. The van der Waals surface area contributed by atoms with Crippen LogP contribution in [0.2, 0.25) is 18.1 Å². The number of amides is 1. The highest BCUT2D eigenvalue weighted by atomic mass is 28.4. The third kappa shape index (κ3) is 18.5. The molecule has 0 radical (unpaired) electrons. The minimum Gasteiger partial charge on any atom is -0.444 e. The molecule has 0 saturated heterocycles. The van der Waals surface area contributed by atoms with Crippen molar-refractivity contribution in [2.75, 3.05) is 32.0 Å².